The summed E-state index contributed by atoms with van der Waals surface area (Å²) in [4.78, 5) is 14.6. The lowest BCUT2D eigenvalue weighted by molar-refractivity contribution is 0.0173. The van der Waals surface area contributed by atoms with Gasteiger partial charge in [-0.25, -0.2) is 4.79 Å². The lowest BCUT2D eigenvalue weighted by atomic mass is 9.80. The molecule has 2 unspecified atom stereocenters. The van der Waals surface area contributed by atoms with Gasteiger partial charge in [-0.3, -0.25) is 4.68 Å². The quantitative estimate of drug-likeness (QED) is 0.914. The molecule has 2 bridgehead atoms. The molecule has 1 aromatic carbocycles. The molecule has 0 aliphatic carbocycles. The van der Waals surface area contributed by atoms with E-state index in [2.05, 4.69) is 16.5 Å². The van der Waals surface area contributed by atoms with Crippen molar-refractivity contribution in [1.82, 2.24) is 14.7 Å². The number of benzene rings is 1. The molecule has 0 spiro atoms. The lowest BCUT2D eigenvalue weighted by Crippen LogP contribution is -2.62. The number of aromatic nitrogens is 2. The second kappa shape index (κ2) is 5.92. The van der Waals surface area contributed by atoms with Crippen LogP contribution in [0.15, 0.2) is 24.3 Å². The number of urea groups is 1. The number of hydrogen-bond donors (Lipinski definition) is 1. The van der Waals surface area contributed by atoms with Gasteiger partial charge in [0.15, 0.2) is 0 Å². The summed E-state index contributed by atoms with van der Waals surface area (Å²) in [5.74, 6) is 0. The zero-order chi connectivity index (χ0) is 17.6. The molecule has 6 heteroatoms. The highest BCUT2D eigenvalue weighted by Gasteiger charge is 2.44. The third-order valence-electron chi connectivity index (χ3n) is 5.40. The van der Waals surface area contributed by atoms with Crippen molar-refractivity contribution in [3.63, 3.8) is 0 Å². The maximum absolute atomic E-state index is 12.6. The normalized spacial score (nSPS) is 21.4. The van der Waals surface area contributed by atoms with Gasteiger partial charge in [0.05, 0.1) is 5.69 Å². The summed E-state index contributed by atoms with van der Waals surface area (Å²) in [6, 6.07) is 10.6. The van der Waals surface area contributed by atoms with E-state index in [9.17, 15) is 4.79 Å². The van der Waals surface area contributed by atoms with Crippen molar-refractivity contribution in [2.45, 2.75) is 44.7 Å². The van der Waals surface area contributed by atoms with E-state index >= 15 is 0 Å². The molecule has 1 N–H and O–H groups in total. The fraction of sp³-hybridized carbons (Fsp3) is 0.421. The Labute approximate surface area is 147 Å². The van der Waals surface area contributed by atoms with Crippen molar-refractivity contribution in [3.8, 4) is 17.3 Å². The van der Waals surface area contributed by atoms with E-state index in [4.69, 9.17) is 5.26 Å². The highest BCUT2D eigenvalue weighted by atomic mass is 16.2. The smallest absolute Gasteiger partial charge is 0.318 e. The van der Waals surface area contributed by atoms with Crippen LogP contribution in [0.4, 0.5) is 10.5 Å². The van der Waals surface area contributed by atoms with Crippen molar-refractivity contribution in [3.05, 3.63) is 35.5 Å². The van der Waals surface area contributed by atoms with Crippen LogP contribution in [-0.4, -0.2) is 32.8 Å². The van der Waals surface area contributed by atoms with Gasteiger partial charge in [-0.1, -0.05) is 6.07 Å². The van der Waals surface area contributed by atoms with Gasteiger partial charge in [0.2, 0.25) is 0 Å². The van der Waals surface area contributed by atoms with E-state index in [1.54, 1.807) is 17.8 Å². The molecule has 2 fully saturated rings. The Morgan fingerprint density at radius 3 is 2.72 bits per heavy atom. The molecule has 25 heavy (non-hydrogen) atoms. The largest absolute Gasteiger partial charge is 0.322 e. The van der Waals surface area contributed by atoms with Gasteiger partial charge >= 0.3 is 6.03 Å². The summed E-state index contributed by atoms with van der Waals surface area (Å²) in [5, 5.41) is 16.6. The zero-order valence-electron chi connectivity index (χ0n) is 14.5. The van der Waals surface area contributed by atoms with Crippen molar-refractivity contribution < 1.29 is 4.79 Å². The molecule has 2 aliphatic heterocycles. The van der Waals surface area contributed by atoms with Crippen molar-refractivity contribution in [2.24, 2.45) is 7.05 Å². The minimum absolute atomic E-state index is 0.00510. The standard InChI is InChI=1S/C19H21N5O/c1-12-6-7-13(8-17(12)18-10-16(11-20)23(2)22-18)21-19(25)24-14-4-3-5-15(24)9-14/h6-8,10,14-15H,3-5,9H2,1-2H3,(H,21,25). The number of carbonyl (C=O) groups excluding carboxylic acids is 1. The van der Waals surface area contributed by atoms with E-state index < -0.39 is 0 Å². The van der Waals surface area contributed by atoms with Crippen LogP contribution in [0.25, 0.3) is 11.3 Å². The Hall–Kier alpha value is -2.81. The van der Waals surface area contributed by atoms with Crippen molar-refractivity contribution in [2.75, 3.05) is 5.32 Å². The van der Waals surface area contributed by atoms with Crippen LogP contribution in [0.1, 0.15) is 36.9 Å². The molecular weight excluding hydrogens is 314 g/mol. The summed E-state index contributed by atoms with van der Waals surface area (Å²) >= 11 is 0. The molecule has 2 amide bonds. The number of piperidine rings is 1. The van der Waals surface area contributed by atoms with Crippen LogP contribution in [-0.2, 0) is 7.05 Å². The molecule has 2 aromatic rings. The molecule has 0 radical (unpaired) electrons. The fourth-order valence-corrected chi connectivity index (χ4v) is 4.00. The monoisotopic (exact) mass is 335 g/mol. The van der Waals surface area contributed by atoms with Crippen LogP contribution in [0.3, 0.4) is 0 Å². The van der Waals surface area contributed by atoms with E-state index in [1.165, 1.54) is 6.42 Å². The average Bonchev–Trinajstić information content (AvgIpc) is 2.97. The van der Waals surface area contributed by atoms with Gasteiger partial charge < -0.3 is 10.2 Å². The van der Waals surface area contributed by atoms with Crippen molar-refractivity contribution in [1.29, 1.82) is 5.26 Å². The molecule has 128 valence electrons. The molecular formula is C19H21N5O. The topological polar surface area (TPSA) is 74.0 Å². The summed E-state index contributed by atoms with van der Waals surface area (Å²) in [5.41, 5.74) is 4.01. The summed E-state index contributed by atoms with van der Waals surface area (Å²) < 4.78 is 1.57. The Morgan fingerprint density at radius 2 is 2.08 bits per heavy atom. The average molecular weight is 335 g/mol. The number of aryl methyl sites for hydroxylation is 2. The number of carbonyl (C=O) groups is 1. The van der Waals surface area contributed by atoms with Crippen LogP contribution >= 0.6 is 0 Å². The Balaban J connectivity index is 1.57. The van der Waals surface area contributed by atoms with E-state index in [1.807, 2.05) is 30.0 Å². The number of nitriles is 1. The minimum atomic E-state index is -0.00510. The SMILES string of the molecule is Cc1ccc(NC(=O)N2C3CCCC2C3)cc1-c1cc(C#N)n(C)n1. The summed E-state index contributed by atoms with van der Waals surface area (Å²) in [6.07, 6.45) is 4.62. The number of anilines is 1. The third kappa shape index (κ3) is 2.66. The lowest BCUT2D eigenvalue weighted by Gasteiger charge is -2.52. The third-order valence-corrected chi connectivity index (χ3v) is 5.40. The summed E-state index contributed by atoms with van der Waals surface area (Å²) in [6.45, 7) is 2.00. The van der Waals surface area contributed by atoms with E-state index in [-0.39, 0.29) is 6.03 Å². The van der Waals surface area contributed by atoms with Gasteiger partial charge in [-0.15, -0.1) is 0 Å². The van der Waals surface area contributed by atoms with Crippen LogP contribution in [0, 0.1) is 18.3 Å². The Kier molecular flexibility index (Phi) is 3.72. The highest BCUT2D eigenvalue weighted by molar-refractivity contribution is 5.91. The highest BCUT2D eigenvalue weighted by Crippen LogP contribution is 2.38. The number of nitrogens with zero attached hydrogens (tertiary/aromatic N) is 4. The molecule has 2 saturated heterocycles. The van der Waals surface area contributed by atoms with Crippen LogP contribution in [0.5, 0.6) is 0 Å². The second-order valence-corrected chi connectivity index (χ2v) is 6.99. The molecule has 0 saturated carbocycles. The number of hydrogen-bond acceptors (Lipinski definition) is 3. The summed E-state index contributed by atoms with van der Waals surface area (Å²) in [7, 11) is 1.76. The maximum Gasteiger partial charge on any atom is 0.322 e. The number of amides is 2. The minimum Gasteiger partial charge on any atom is -0.318 e. The first-order valence-corrected chi connectivity index (χ1v) is 8.71. The molecule has 6 nitrogen and oxygen atoms in total. The van der Waals surface area contributed by atoms with Gasteiger partial charge in [0.25, 0.3) is 0 Å². The number of nitrogens with one attached hydrogen (secondary N) is 1. The molecule has 2 atom stereocenters. The van der Waals surface area contributed by atoms with Gasteiger partial charge in [-0.05, 0) is 50.3 Å². The molecule has 4 rings (SSSR count). The first kappa shape index (κ1) is 15.7. The first-order valence-electron chi connectivity index (χ1n) is 8.71. The maximum atomic E-state index is 12.6. The molecule has 2 aliphatic rings. The second-order valence-electron chi connectivity index (χ2n) is 6.99. The van der Waals surface area contributed by atoms with E-state index in [0.717, 1.165) is 41.8 Å². The van der Waals surface area contributed by atoms with Gasteiger partial charge in [0.1, 0.15) is 11.8 Å². The predicted molar refractivity (Wildman–Crippen MR) is 95.0 cm³/mol. The fourth-order valence-electron chi connectivity index (χ4n) is 4.00. The Bertz CT molecular complexity index is 864. The van der Waals surface area contributed by atoms with Gasteiger partial charge in [0, 0.05) is 36.4 Å². The van der Waals surface area contributed by atoms with Gasteiger partial charge in [-0.2, -0.15) is 10.4 Å². The predicted octanol–water partition coefficient (Wildman–Crippen LogP) is 3.43. The number of fused-ring (bicyclic) bond motifs is 2. The molecule has 1 aromatic heterocycles. The van der Waals surface area contributed by atoms with Crippen molar-refractivity contribution >= 4 is 11.7 Å². The van der Waals surface area contributed by atoms with E-state index in [0.29, 0.717) is 17.8 Å². The van der Waals surface area contributed by atoms with Crippen LogP contribution < -0.4 is 5.32 Å². The number of rotatable bonds is 2. The Morgan fingerprint density at radius 1 is 1.32 bits per heavy atom. The molecule has 3 heterocycles. The first-order chi connectivity index (χ1) is 12.1. The van der Waals surface area contributed by atoms with Crippen LogP contribution in [0.2, 0.25) is 0 Å². The zero-order valence-corrected chi connectivity index (χ0v) is 14.5.